The van der Waals surface area contributed by atoms with Crippen molar-refractivity contribution in [3.05, 3.63) is 82.8 Å². The highest BCUT2D eigenvalue weighted by atomic mass is 32.2. The van der Waals surface area contributed by atoms with Gasteiger partial charge in [0.05, 0.1) is 16.6 Å². The summed E-state index contributed by atoms with van der Waals surface area (Å²) in [5.41, 5.74) is 4.52. The lowest BCUT2D eigenvalue weighted by Crippen LogP contribution is -2.54. The Balaban J connectivity index is 1.87. The van der Waals surface area contributed by atoms with Crippen LogP contribution in [0.15, 0.2) is 64.8 Å². The summed E-state index contributed by atoms with van der Waals surface area (Å²) < 4.78 is 59.8. The maximum Gasteiger partial charge on any atom is 0.355 e. The Morgan fingerprint density at radius 2 is 1.82 bits per heavy atom. The van der Waals surface area contributed by atoms with Gasteiger partial charge in [-0.3, -0.25) is 4.79 Å². The van der Waals surface area contributed by atoms with Gasteiger partial charge in [-0.05, 0) is 49.8 Å². The second kappa shape index (κ2) is 11.4. The number of sulfonamides is 1. The summed E-state index contributed by atoms with van der Waals surface area (Å²) in [6.45, 7) is 7.78. The Morgan fingerprint density at radius 3 is 2.45 bits per heavy atom. The molecular formula is C30H31F2N7O4S. The molecule has 44 heavy (non-hydrogen) atoms. The third-order valence-electron chi connectivity index (χ3n) is 7.65. The fourth-order valence-corrected chi connectivity index (χ4v) is 6.56. The summed E-state index contributed by atoms with van der Waals surface area (Å²) in [6.07, 6.45) is 1.22. The van der Waals surface area contributed by atoms with E-state index in [0.29, 0.717) is 5.56 Å². The first-order chi connectivity index (χ1) is 20.8. The highest BCUT2D eigenvalue weighted by Crippen LogP contribution is 2.36. The number of carbonyl (C=O) groups is 1. The van der Waals surface area contributed by atoms with E-state index >= 15 is 8.78 Å². The summed E-state index contributed by atoms with van der Waals surface area (Å²) in [5, 5.41) is 0.0764. The van der Waals surface area contributed by atoms with Crippen molar-refractivity contribution in [2.24, 2.45) is 0 Å². The predicted octanol–water partition coefficient (Wildman–Crippen LogP) is 3.09. The fourth-order valence-electron chi connectivity index (χ4n) is 5.42. The number of anilines is 2. The SMILES string of the molecule is C=CC(=O)N1CCN(c2nc(=O)n(-c3c(C)cccc3S(=O)(=O)N(C)C)c3nc(-c4c(N)cccc4F)c(F)cc23)[C@@H](C)C1. The van der Waals surface area contributed by atoms with Crippen LogP contribution in [0.2, 0.25) is 0 Å². The number of halogens is 2. The van der Waals surface area contributed by atoms with Gasteiger partial charge in [-0.25, -0.2) is 35.8 Å². The number of aryl methyl sites for hydroxylation is 1. The van der Waals surface area contributed by atoms with Gasteiger partial charge in [0.1, 0.15) is 22.2 Å². The van der Waals surface area contributed by atoms with Crippen molar-refractivity contribution in [3.8, 4) is 16.9 Å². The minimum Gasteiger partial charge on any atom is -0.398 e. The standard InChI is InChI=1S/C30H31F2N7O4S/c1-6-24(40)37-13-14-38(18(3)16-37)28-19-15-21(32)26(25-20(31)10-8-11-22(25)33)34-29(19)39(30(41)35-28)27-17(2)9-7-12-23(27)44(42,43)36(4)5/h6-12,15,18H,1,13-14,16,33H2,2-5H3/t18-/m0/s1. The zero-order valence-electron chi connectivity index (χ0n) is 24.6. The molecule has 0 unspecified atom stereocenters. The number of carbonyl (C=O) groups excluding carboxylic acids is 1. The Kier molecular flexibility index (Phi) is 7.99. The number of aromatic nitrogens is 3. The number of hydrogen-bond acceptors (Lipinski definition) is 8. The summed E-state index contributed by atoms with van der Waals surface area (Å²) >= 11 is 0. The van der Waals surface area contributed by atoms with Crippen molar-refractivity contribution in [2.45, 2.75) is 24.8 Å². The molecule has 4 aromatic rings. The zero-order valence-corrected chi connectivity index (χ0v) is 25.4. The topological polar surface area (TPSA) is 135 Å². The molecule has 2 N–H and O–H groups in total. The number of hydrogen-bond donors (Lipinski definition) is 1. The number of pyridine rings is 1. The van der Waals surface area contributed by atoms with E-state index in [4.69, 9.17) is 5.73 Å². The average molecular weight is 624 g/mol. The van der Waals surface area contributed by atoms with Crippen molar-refractivity contribution in [1.29, 1.82) is 0 Å². The van der Waals surface area contributed by atoms with Crippen LogP contribution in [0.25, 0.3) is 28.0 Å². The first-order valence-electron chi connectivity index (χ1n) is 13.7. The molecule has 0 spiro atoms. The van der Waals surface area contributed by atoms with Crippen LogP contribution in [0.5, 0.6) is 0 Å². The van der Waals surface area contributed by atoms with E-state index in [0.717, 1.165) is 21.0 Å². The van der Waals surface area contributed by atoms with Crippen molar-refractivity contribution in [1.82, 2.24) is 23.7 Å². The van der Waals surface area contributed by atoms with E-state index in [1.807, 2.05) is 6.92 Å². The normalized spacial score (nSPS) is 15.7. The van der Waals surface area contributed by atoms with Crippen LogP contribution in [0.1, 0.15) is 12.5 Å². The van der Waals surface area contributed by atoms with Gasteiger partial charge in [0.2, 0.25) is 15.9 Å². The van der Waals surface area contributed by atoms with Crippen molar-refractivity contribution >= 4 is 38.5 Å². The third kappa shape index (κ3) is 5.09. The van der Waals surface area contributed by atoms with Crippen LogP contribution in [-0.4, -0.2) is 77.8 Å². The van der Waals surface area contributed by atoms with Crippen LogP contribution in [0.4, 0.5) is 20.3 Å². The summed E-state index contributed by atoms with van der Waals surface area (Å²) in [5.74, 6) is -1.92. The smallest absolute Gasteiger partial charge is 0.355 e. The number of benzene rings is 2. The van der Waals surface area contributed by atoms with E-state index in [1.54, 1.807) is 22.8 Å². The summed E-state index contributed by atoms with van der Waals surface area (Å²) in [7, 11) is -1.38. The van der Waals surface area contributed by atoms with E-state index in [9.17, 15) is 18.0 Å². The Labute approximate surface area is 252 Å². The van der Waals surface area contributed by atoms with Crippen LogP contribution in [0, 0.1) is 18.6 Å². The lowest BCUT2D eigenvalue weighted by Gasteiger charge is -2.40. The van der Waals surface area contributed by atoms with Crippen LogP contribution < -0.4 is 16.3 Å². The quantitative estimate of drug-likeness (QED) is 0.256. The van der Waals surface area contributed by atoms with Gasteiger partial charge in [0.15, 0.2) is 11.5 Å². The second-order valence-corrected chi connectivity index (χ2v) is 12.8. The molecule has 0 aliphatic carbocycles. The number of nitrogen functional groups attached to an aromatic ring is 1. The Bertz CT molecular complexity index is 1980. The highest BCUT2D eigenvalue weighted by molar-refractivity contribution is 7.89. The third-order valence-corrected chi connectivity index (χ3v) is 9.50. The number of para-hydroxylation sites is 1. The molecule has 11 nitrogen and oxygen atoms in total. The first-order valence-corrected chi connectivity index (χ1v) is 15.1. The van der Waals surface area contributed by atoms with E-state index < -0.39 is 33.0 Å². The van der Waals surface area contributed by atoms with Gasteiger partial charge in [-0.1, -0.05) is 24.8 Å². The molecular weight excluding hydrogens is 592 g/mol. The van der Waals surface area contributed by atoms with Crippen LogP contribution in [0.3, 0.4) is 0 Å². The minimum absolute atomic E-state index is 0.0312. The van der Waals surface area contributed by atoms with Crippen molar-refractivity contribution in [2.75, 3.05) is 44.4 Å². The van der Waals surface area contributed by atoms with Gasteiger partial charge in [-0.2, -0.15) is 4.98 Å². The molecule has 1 saturated heterocycles. The zero-order chi connectivity index (χ0) is 32.1. The first kappa shape index (κ1) is 30.8. The molecule has 230 valence electrons. The molecule has 0 radical (unpaired) electrons. The molecule has 1 atom stereocenters. The van der Waals surface area contributed by atoms with Gasteiger partial charge in [0, 0.05) is 45.5 Å². The summed E-state index contributed by atoms with van der Waals surface area (Å²) in [6, 6.07) is 9.11. The summed E-state index contributed by atoms with van der Waals surface area (Å²) in [4.78, 5) is 38.2. The van der Waals surface area contributed by atoms with Crippen molar-refractivity contribution < 1.29 is 22.0 Å². The second-order valence-electron chi connectivity index (χ2n) is 10.7. The Morgan fingerprint density at radius 1 is 1.11 bits per heavy atom. The number of rotatable bonds is 6. The monoisotopic (exact) mass is 623 g/mol. The number of piperazine rings is 1. The van der Waals surface area contributed by atoms with Gasteiger partial charge < -0.3 is 15.5 Å². The largest absolute Gasteiger partial charge is 0.398 e. The molecule has 0 saturated carbocycles. The van der Waals surface area contributed by atoms with Gasteiger partial charge in [0.25, 0.3) is 0 Å². The van der Waals surface area contributed by atoms with Gasteiger partial charge >= 0.3 is 5.69 Å². The molecule has 1 aliphatic heterocycles. The number of nitrogens with zero attached hydrogens (tertiary/aromatic N) is 6. The van der Waals surface area contributed by atoms with E-state index in [2.05, 4.69) is 16.5 Å². The molecule has 1 aliphatic rings. The lowest BCUT2D eigenvalue weighted by molar-refractivity contribution is -0.126. The molecule has 2 aromatic heterocycles. The molecule has 1 fully saturated rings. The predicted molar refractivity (Wildman–Crippen MR) is 164 cm³/mol. The molecule has 0 bridgehead atoms. The van der Waals surface area contributed by atoms with Crippen molar-refractivity contribution in [3.63, 3.8) is 0 Å². The molecule has 2 aromatic carbocycles. The maximum atomic E-state index is 15.9. The van der Waals surface area contributed by atoms with Crippen LogP contribution in [-0.2, 0) is 14.8 Å². The lowest BCUT2D eigenvalue weighted by atomic mass is 10.1. The number of amides is 1. The van der Waals surface area contributed by atoms with E-state index in [-0.39, 0.29) is 70.3 Å². The molecule has 14 heteroatoms. The number of nitrogens with two attached hydrogens (primary N) is 1. The average Bonchev–Trinajstić information content (AvgIpc) is 2.97. The number of fused-ring (bicyclic) bond motifs is 1. The minimum atomic E-state index is -4.10. The Hall–Kier alpha value is -4.69. The maximum absolute atomic E-state index is 15.9. The molecule has 5 rings (SSSR count). The van der Waals surface area contributed by atoms with Gasteiger partial charge in [-0.15, -0.1) is 0 Å². The van der Waals surface area contributed by atoms with E-state index in [1.165, 1.54) is 44.4 Å². The fraction of sp³-hybridized carbons (Fsp3) is 0.267. The molecule has 3 heterocycles. The van der Waals surface area contributed by atoms with Crippen LogP contribution >= 0.6 is 0 Å². The molecule has 1 amide bonds. The highest BCUT2D eigenvalue weighted by Gasteiger charge is 2.32.